The summed E-state index contributed by atoms with van der Waals surface area (Å²) in [6.45, 7) is 4.30. The molecule has 0 fully saturated rings. The standard InChI is InChI=1S/C50H34N4/c1-31-26-32(2)28-34(27-31)48-41-20-8-11-21-44(41)51-50(52-48)54-46-23-13-9-17-37(46)39-25-24-33(29-47(39)54)42-30-43-38-18-10-12-22-45(38)53(35-14-4-3-5-15-35)49(43)40-19-7-6-16-36(40)42/h3-30H,1-2H3. The van der Waals surface area contributed by atoms with Crippen LogP contribution in [-0.2, 0) is 0 Å². The summed E-state index contributed by atoms with van der Waals surface area (Å²) in [4.78, 5) is 10.7. The lowest BCUT2D eigenvalue weighted by Crippen LogP contribution is -2.03. The van der Waals surface area contributed by atoms with Gasteiger partial charge in [-0.1, -0.05) is 126 Å². The summed E-state index contributed by atoms with van der Waals surface area (Å²) in [5.74, 6) is 0.664. The van der Waals surface area contributed by atoms with Gasteiger partial charge in [-0.05, 0) is 85.0 Å². The number of para-hydroxylation sites is 4. The molecule has 0 atom stereocenters. The summed E-state index contributed by atoms with van der Waals surface area (Å²) in [6.07, 6.45) is 0. The molecule has 11 rings (SSSR count). The first-order chi connectivity index (χ1) is 26.6. The maximum atomic E-state index is 5.40. The maximum Gasteiger partial charge on any atom is 0.235 e. The van der Waals surface area contributed by atoms with Crippen molar-refractivity contribution in [2.45, 2.75) is 13.8 Å². The molecule has 4 nitrogen and oxygen atoms in total. The van der Waals surface area contributed by atoms with Gasteiger partial charge in [-0.3, -0.25) is 4.57 Å². The van der Waals surface area contributed by atoms with Crippen LogP contribution < -0.4 is 0 Å². The van der Waals surface area contributed by atoms with Gasteiger partial charge in [0.05, 0.1) is 33.3 Å². The van der Waals surface area contributed by atoms with Crippen molar-refractivity contribution in [3.8, 4) is 34.0 Å². The lowest BCUT2D eigenvalue weighted by molar-refractivity contribution is 1.01. The SMILES string of the molecule is Cc1cc(C)cc(-c2nc(-n3c4ccccc4c4ccc(-c5cc6c7ccccc7n(-c7ccccc7)c6c6ccccc56)cc43)nc3ccccc23)c1. The summed E-state index contributed by atoms with van der Waals surface area (Å²) in [6, 6.07) is 61.3. The summed E-state index contributed by atoms with van der Waals surface area (Å²) < 4.78 is 4.68. The van der Waals surface area contributed by atoms with Gasteiger partial charge in [0, 0.05) is 43.6 Å². The van der Waals surface area contributed by atoms with Crippen molar-refractivity contribution in [2.24, 2.45) is 0 Å². The van der Waals surface area contributed by atoms with Crippen molar-refractivity contribution < 1.29 is 0 Å². The summed E-state index contributed by atoms with van der Waals surface area (Å²) in [7, 11) is 0. The van der Waals surface area contributed by atoms with Crippen LogP contribution in [0, 0.1) is 13.8 Å². The van der Waals surface area contributed by atoms with Crippen molar-refractivity contribution in [3.63, 3.8) is 0 Å². The first kappa shape index (κ1) is 30.6. The van der Waals surface area contributed by atoms with Crippen LogP contribution in [0.4, 0.5) is 0 Å². The van der Waals surface area contributed by atoms with Gasteiger partial charge >= 0.3 is 0 Å². The van der Waals surface area contributed by atoms with Crippen LogP contribution in [0.2, 0.25) is 0 Å². The largest absolute Gasteiger partial charge is 0.309 e. The zero-order valence-electron chi connectivity index (χ0n) is 30.0. The second-order valence-corrected chi connectivity index (χ2v) is 14.4. The lowest BCUT2D eigenvalue weighted by Gasteiger charge is -2.14. The van der Waals surface area contributed by atoms with Gasteiger partial charge in [-0.15, -0.1) is 0 Å². The van der Waals surface area contributed by atoms with E-state index in [2.05, 4.69) is 193 Å². The highest BCUT2D eigenvalue weighted by atomic mass is 15.2. The monoisotopic (exact) mass is 690 g/mol. The van der Waals surface area contributed by atoms with Crippen molar-refractivity contribution in [1.29, 1.82) is 0 Å². The molecule has 0 radical (unpaired) electrons. The molecule has 0 saturated heterocycles. The molecule has 0 spiro atoms. The minimum absolute atomic E-state index is 0.664. The van der Waals surface area contributed by atoms with E-state index >= 15 is 0 Å². The molecular weight excluding hydrogens is 657 g/mol. The van der Waals surface area contributed by atoms with E-state index in [1.807, 2.05) is 0 Å². The zero-order valence-corrected chi connectivity index (χ0v) is 30.0. The molecule has 4 heteroatoms. The van der Waals surface area contributed by atoms with Gasteiger partial charge in [-0.2, -0.15) is 0 Å². The second-order valence-electron chi connectivity index (χ2n) is 14.4. The summed E-state index contributed by atoms with van der Waals surface area (Å²) in [5, 5.41) is 8.30. The Morgan fingerprint density at radius 3 is 1.74 bits per heavy atom. The van der Waals surface area contributed by atoms with Gasteiger partial charge < -0.3 is 4.57 Å². The Hall–Kier alpha value is -7.04. The molecule has 3 heterocycles. The van der Waals surface area contributed by atoms with E-state index < -0.39 is 0 Å². The van der Waals surface area contributed by atoms with Crippen LogP contribution in [-0.4, -0.2) is 19.1 Å². The van der Waals surface area contributed by atoms with Crippen LogP contribution in [0.15, 0.2) is 170 Å². The molecule has 0 aliphatic heterocycles. The number of aryl methyl sites for hydroxylation is 2. The highest BCUT2D eigenvalue weighted by molar-refractivity contribution is 6.22. The van der Waals surface area contributed by atoms with E-state index in [-0.39, 0.29) is 0 Å². The Morgan fingerprint density at radius 1 is 0.389 bits per heavy atom. The molecule has 0 aliphatic rings. The summed E-state index contributed by atoms with van der Waals surface area (Å²) in [5.41, 5.74) is 13.5. The van der Waals surface area contributed by atoms with Crippen LogP contribution in [0.5, 0.6) is 0 Å². The van der Waals surface area contributed by atoms with Crippen molar-refractivity contribution >= 4 is 65.3 Å². The molecule has 3 aromatic heterocycles. The van der Waals surface area contributed by atoms with E-state index in [0.717, 1.165) is 44.4 Å². The molecule has 8 aromatic carbocycles. The van der Waals surface area contributed by atoms with E-state index in [1.165, 1.54) is 60.0 Å². The highest BCUT2D eigenvalue weighted by Crippen LogP contribution is 2.43. The molecule has 0 bridgehead atoms. The van der Waals surface area contributed by atoms with E-state index in [9.17, 15) is 0 Å². The molecule has 0 N–H and O–H groups in total. The molecular formula is C50H34N4. The Labute approximate surface area is 312 Å². The molecule has 0 saturated carbocycles. The number of hydrogen-bond acceptors (Lipinski definition) is 2. The molecule has 11 aromatic rings. The summed E-state index contributed by atoms with van der Waals surface area (Å²) >= 11 is 0. The topological polar surface area (TPSA) is 35.6 Å². The second kappa shape index (κ2) is 11.7. The van der Waals surface area contributed by atoms with Gasteiger partial charge in [0.2, 0.25) is 5.95 Å². The van der Waals surface area contributed by atoms with E-state index in [0.29, 0.717) is 5.95 Å². The van der Waals surface area contributed by atoms with Gasteiger partial charge in [-0.25, -0.2) is 9.97 Å². The fraction of sp³-hybridized carbons (Fsp3) is 0.0400. The van der Waals surface area contributed by atoms with Crippen LogP contribution in [0.3, 0.4) is 0 Å². The number of fused-ring (bicyclic) bond motifs is 9. The normalized spacial score (nSPS) is 11.9. The van der Waals surface area contributed by atoms with Gasteiger partial charge in [0.1, 0.15) is 0 Å². The average molecular weight is 691 g/mol. The maximum absolute atomic E-state index is 5.40. The smallest absolute Gasteiger partial charge is 0.235 e. The Balaban J connectivity index is 1.21. The van der Waals surface area contributed by atoms with E-state index in [1.54, 1.807) is 0 Å². The van der Waals surface area contributed by atoms with Gasteiger partial charge in [0.15, 0.2) is 0 Å². The number of aromatic nitrogens is 4. The number of benzene rings is 8. The van der Waals surface area contributed by atoms with Crippen molar-refractivity contribution in [3.05, 3.63) is 181 Å². The van der Waals surface area contributed by atoms with Crippen LogP contribution in [0.25, 0.3) is 99.3 Å². The Kier molecular flexibility index (Phi) is 6.65. The van der Waals surface area contributed by atoms with E-state index in [4.69, 9.17) is 9.97 Å². The van der Waals surface area contributed by atoms with Crippen LogP contribution >= 0.6 is 0 Å². The highest BCUT2D eigenvalue weighted by Gasteiger charge is 2.21. The number of rotatable bonds is 4. The minimum atomic E-state index is 0.664. The average Bonchev–Trinajstić information content (AvgIpc) is 3.73. The molecule has 54 heavy (non-hydrogen) atoms. The molecule has 0 unspecified atom stereocenters. The fourth-order valence-corrected chi connectivity index (χ4v) is 8.76. The molecule has 254 valence electrons. The number of nitrogens with zero attached hydrogens (tertiary/aromatic N) is 4. The zero-order chi connectivity index (χ0) is 35.9. The minimum Gasteiger partial charge on any atom is -0.309 e. The van der Waals surface area contributed by atoms with Gasteiger partial charge in [0.25, 0.3) is 0 Å². The Bertz CT molecular complexity index is 3270. The fourth-order valence-electron chi connectivity index (χ4n) is 8.76. The molecule has 0 aliphatic carbocycles. The number of hydrogen-bond donors (Lipinski definition) is 0. The first-order valence-electron chi connectivity index (χ1n) is 18.5. The first-order valence-corrected chi connectivity index (χ1v) is 18.5. The third-order valence-corrected chi connectivity index (χ3v) is 11.0. The van der Waals surface area contributed by atoms with Crippen LogP contribution in [0.1, 0.15) is 11.1 Å². The van der Waals surface area contributed by atoms with Crippen molar-refractivity contribution in [2.75, 3.05) is 0 Å². The Morgan fingerprint density at radius 2 is 0.981 bits per heavy atom. The quantitative estimate of drug-likeness (QED) is 0.184. The predicted octanol–water partition coefficient (Wildman–Crippen LogP) is 12.9. The third kappa shape index (κ3) is 4.56. The predicted molar refractivity (Wildman–Crippen MR) is 226 cm³/mol. The lowest BCUT2D eigenvalue weighted by atomic mass is 9.94. The van der Waals surface area contributed by atoms with Crippen molar-refractivity contribution in [1.82, 2.24) is 19.1 Å². The molecule has 0 amide bonds. The third-order valence-electron chi connectivity index (χ3n) is 11.0.